The summed E-state index contributed by atoms with van der Waals surface area (Å²) in [6.07, 6.45) is 0. The first-order valence-corrected chi connectivity index (χ1v) is 4.10. The third-order valence-electron chi connectivity index (χ3n) is 0.149. The Kier molecular flexibility index (Phi) is 4.34. The molecule has 0 aliphatic carbocycles. The molecule has 0 spiro atoms. The van der Waals surface area contributed by atoms with Crippen LogP contribution < -0.4 is 0 Å². The first-order chi connectivity index (χ1) is 2.77. The zero-order valence-electron chi connectivity index (χ0n) is 2.79. The van der Waals surface area contributed by atoms with Crippen LogP contribution in [0.15, 0.2) is 0 Å². The van der Waals surface area contributed by atoms with Crippen molar-refractivity contribution in [3.63, 3.8) is 0 Å². The Balaban J connectivity index is 3.07. The van der Waals surface area contributed by atoms with Gasteiger partial charge in [-0.25, -0.2) is 30.7 Å². The molecule has 0 unspecified atom stereocenters. The summed E-state index contributed by atoms with van der Waals surface area (Å²) >= 11 is 8.68. The van der Waals surface area contributed by atoms with Gasteiger partial charge in [-0.15, -0.1) is 0 Å². The normalized spacial score (nSPS) is 9.67. The van der Waals surface area contributed by atoms with Gasteiger partial charge in [0.05, 0.1) is 0 Å². The lowest BCUT2D eigenvalue weighted by Gasteiger charge is -1.97. The van der Waals surface area contributed by atoms with Gasteiger partial charge in [-0.1, -0.05) is 0 Å². The molecule has 1 N–H and O–H groups in total. The van der Waals surface area contributed by atoms with Gasteiger partial charge in [0.25, 0.3) is 0 Å². The fourth-order valence-electron chi connectivity index (χ4n) is 0.0430. The molecule has 0 saturated heterocycles. The van der Waals surface area contributed by atoms with Gasteiger partial charge >= 0.3 is 0 Å². The number of hydrogen-bond donors (Lipinski definition) is 1. The van der Waals surface area contributed by atoms with E-state index >= 15 is 0 Å². The van der Waals surface area contributed by atoms with E-state index in [0.717, 1.165) is 0 Å². The molecule has 0 amide bonds. The molecule has 6 heavy (non-hydrogen) atoms. The van der Waals surface area contributed by atoms with Crippen molar-refractivity contribution in [3.8, 4) is 0 Å². The summed E-state index contributed by atoms with van der Waals surface area (Å²) in [5.41, 5.74) is 0. The molecule has 0 aliphatic heterocycles. The fourth-order valence-corrected chi connectivity index (χ4v) is 0.387. The van der Waals surface area contributed by atoms with Crippen LogP contribution in [0.25, 0.3) is 0 Å². The molecular formula is CH3O2S3-. The first kappa shape index (κ1) is 6.71. The second kappa shape index (κ2) is 3.89. The van der Waals surface area contributed by atoms with Crippen LogP contribution >= 0.6 is 0 Å². The lowest BCUT2D eigenvalue weighted by molar-refractivity contribution is 0.121. The smallest absolute Gasteiger partial charge is 0.125 e. The molecular weight excluding hydrogens is 140 g/mol. The lowest BCUT2D eigenvalue weighted by atomic mass is 11.6. The molecule has 0 bridgehead atoms. The Morgan fingerprint density at radius 1 is 1.67 bits per heavy atom. The van der Waals surface area contributed by atoms with E-state index in [1.165, 1.54) is 0 Å². The molecule has 0 aliphatic rings. The number of rotatable bonds is 2. The predicted molar refractivity (Wildman–Crippen MR) is 30.3 cm³/mol. The van der Waals surface area contributed by atoms with Crippen LogP contribution in [0.3, 0.4) is 0 Å². The van der Waals surface area contributed by atoms with Crippen LogP contribution in [0.1, 0.15) is 0 Å². The summed E-state index contributed by atoms with van der Waals surface area (Å²) in [6, 6.07) is 0. The number of aliphatic hydroxyl groups is 1. The second-order valence-corrected chi connectivity index (χ2v) is 3.54. The van der Waals surface area contributed by atoms with Gasteiger partial charge in [-0.3, -0.25) is 0 Å². The molecule has 0 fully saturated rings. The molecule has 0 atom stereocenters. The van der Waals surface area contributed by atoms with Crippen molar-refractivity contribution in [1.82, 2.24) is 0 Å². The molecule has 0 rings (SSSR count). The molecule has 0 heterocycles. The average Bonchev–Trinajstić information content (AvgIpc) is 1.35. The summed E-state index contributed by atoms with van der Waals surface area (Å²) in [6.45, 7) is -0.365. The van der Waals surface area contributed by atoms with Gasteiger partial charge in [-0.05, 0) is 0 Å². The second-order valence-electron chi connectivity index (χ2n) is 0.451. The Labute approximate surface area is 47.2 Å². The van der Waals surface area contributed by atoms with Crippen molar-refractivity contribution in [2.24, 2.45) is 0 Å². The SMILES string of the molecule is OCO[S-](=S)=S. The van der Waals surface area contributed by atoms with E-state index in [4.69, 9.17) is 5.11 Å². The monoisotopic (exact) mass is 143 g/mol. The summed E-state index contributed by atoms with van der Waals surface area (Å²) in [5.74, 6) is 0. The van der Waals surface area contributed by atoms with Gasteiger partial charge in [0, 0.05) is 0 Å². The topological polar surface area (TPSA) is 29.5 Å². The van der Waals surface area contributed by atoms with Gasteiger partial charge < -0.3 is 9.29 Å². The maximum atomic E-state index is 7.89. The van der Waals surface area contributed by atoms with E-state index in [1.54, 1.807) is 0 Å². The van der Waals surface area contributed by atoms with E-state index < -0.39 is 8.29 Å². The zero-order valence-corrected chi connectivity index (χ0v) is 5.24. The average molecular weight is 143 g/mol. The molecule has 0 saturated carbocycles. The third kappa shape index (κ3) is 4.71. The van der Waals surface area contributed by atoms with Crippen LogP contribution in [0, 0.1) is 0 Å². The Bertz CT molecular complexity index is 76.8. The van der Waals surface area contributed by atoms with Crippen molar-refractivity contribution in [3.05, 3.63) is 0 Å². The van der Waals surface area contributed by atoms with Crippen LogP contribution in [-0.2, 0) is 34.9 Å². The molecule has 5 heteroatoms. The van der Waals surface area contributed by atoms with Crippen LogP contribution in [0.2, 0.25) is 0 Å². The standard InChI is InChI=1S/CH3O2S3/c2-1-3-6(4)5/h2H,1H2/q-1. The zero-order chi connectivity index (χ0) is 4.99. The minimum Gasteiger partial charge on any atom is -0.446 e. The van der Waals surface area contributed by atoms with Gasteiger partial charge in [0.2, 0.25) is 0 Å². The van der Waals surface area contributed by atoms with Gasteiger partial charge in [0.15, 0.2) is 0 Å². The van der Waals surface area contributed by atoms with Gasteiger partial charge in [-0.2, -0.15) is 0 Å². The number of hydrogen-bond acceptors (Lipinski definition) is 5. The Morgan fingerprint density at radius 2 is 2.17 bits per heavy atom. The Morgan fingerprint density at radius 3 is 2.17 bits per heavy atom. The van der Waals surface area contributed by atoms with E-state index in [-0.39, 0.29) is 6.79 Å². The highest BCUT2D eigenvalue weighted by Gasteiger charge is 1.53. The van der Waals surface area contributed by atoms with Gasteiger partial charge in [0.1, 0.15) is 6.79 Å². The molecule has 0 aromatic heterocycles. The van der Waals surface area contributed by atoms with Crippen molar-refractivity contribution >= 4 is 30.7 Å². The van der Waals surface area contributed by atoms with Crippen LogP contribution in [0.5, 0.6) is 0 Å². The summed E-state index contributed by atoms with van der Waals surface area (Å²) in [4.78, 5) is 0. The maximum absolute atomic E-state index is 7.89. The highest BCUT2D eigenvalue weighted by atomic mass is 33.1. The molecule has 38 valence electrons. The Hall–Kier alpha value is 0.710. The molecule has 0 aromatic rings. The van der Waals surface area contributed by atoms with E-state index in [0.29, 0.717) is 0 Å². The van der Waals surface area contributed by atoms with E-state index in [2.05, 4.69) is 26.6 Å². The maximum Gasteiger partial charge on any atom is 0.125 e. The van der Waals surface area contributed by atoms with E-state index in [1.807, 2.05) is 0 Å². The lowest BCUT2D eigenvalue weighted by Crippen LogP contribution is -1.84. The third-order valence-corrected chi connectivity index (χ3v) is 1.02. The van der Waals surface area contributed by atoms with Crippen molar-refractivity contribution in [2.75, 3.05) is 6.79 Å². The largest absolute Gasteiger partial charge is 0.446 e. The minimum atomic E-state index is -0.899. The molecule has 2 nitrogen and oxygen atoms in total. The van der Waals surface area contributed by atoms with Crippen molar-refractivity contribution in [2.45, 2.75) is 0 Å². The van der Waals surface area contributed by atoms with Crippen molar-refractivity contribution < 1.29 is 9.29 Å². The highest BCUT2D eigenvalue weighted by Crippen LogP contribution is 1.65. The summed E-state index contributed by atoms with van der Waals surface area (Å²) < 4.78 is 4.25. The summed E-state index contributed by atoms with van der Waals surface area (Å²) in [7, 11) is -0.899. The molecule has 0 aromatic carbocycles. The van der Waals surface area contributed by atoms with E-state index in [9.17, 15) is 0 Å². The van der Waals surface area contributed by atoms with Crippen LogP contribution in [0.4, 0.5) is 0 Å². The van der Waals surface area contributed by atoms with Crippen molar-refractivity contribution in [1.29, 1.82) is 0 Å². The summed E-state index contributed by atoms with van der Waals surface area (Å²) in [5, 5.41) is 7.89. The highest BCUT2D eigenvalue weighted by molar-refractivity contribution is 8.44. The quantitative estimate of drug-likeness (QED) is 0.413. The predicted octanol–water partition coefficient (Wildman–Crippen LogP) is -0.590. The fraction of sp³-hybridized carbons (Fsp3) is 1.00. The first-order valence-electron chi connectivity index (χ1n) is 1.10. The number of aliphatic hydroxyl groups excluding tert-OH is 1. The molecule has 0 radical (unpaired) electrons. The minimum absolute atomic E-state index is 0.365. The van der Waals surface area contributed by atoms with Crippen LogP contribution in [-0.4, -0.2) is 11.9 Å².